The Bertz CT molecular complexity index is 933. The number of hydrogen-bond donors (Lipinski definition) is 1. The van der Waals surface area contributed by atoms with E-state index in [-0.39, 0.29) is 23.7 Å². The highest BCUT2D eigenvalue weighted by Crippen LogP contribution is 2.48. The van der Waals surface area contributed by atoms with Crippen LogP contribution >= 0.6 is 46.2 Å². The summed E-state index contributed by atoms with van der Waals surface area (Å²) in [6, 6.07) is 3.05. The summed E-state index contributed by atoms with van der Waals surface area (Å²) in [5, 5.41) is 21.0. The van der Waals surface area contributed by atoms with Crippen molar-refractivity contribution in [3.05, 3.63) is 22.5 Å². The van der Waals surface area contributed by atoms with Crippen molar-refractivity contribution >= 4 is 69.0 Å². The third-order valence-electron chi connectivity index (χ3n) is 4.57. The molecule has 0 bridgehead atoms. The molecule has 2 aliphatic rings. The van der Waals surface area contributed by atoms with Crippen molar-refractivity contribution in [3.8, 4) is 0 Å². The Morgan fingerprint density at radius 3 is 2.79 bits per heavy atom. The van der Waals surface area contributed by atoms with Crippen molar-refractivity contribution in [2.24, 2.45) is 0 Å². The molecule has 0 spiro atoms. The fraction of sp³-hybridized carbons (Fsp3) is 0.438. The molecule has 12 heteroatoms. The lowest BCUT2D eigenvalue weighted by atomic mass is 10.0. The van der Waals surface area contributed by atoms with E-state index in [2.05, 4.69) is 10.2 Å². The van der Waals surface area contributed by atoms with Gasteiger partial charge in [-0.15, -0.1) is 33.3 Å². The Morgan fingerprint density at radius 1 is 1.43 bits per heavy atom. The first kappa shape index (κ1) is 19.7. The second-order valence-electron chi connectivity index (χ2n) is 6.44. The predicted molar refractivity (Wildman–Crippen MR) is 110 cm³/mol. The minimum Gasteiger partial charge on any atom is -0.480 e. The van der Waals surface area contributed by atoms with Crippen LogP contribution in [0.15, 0.2) is 21.9 Å². The van der Waals surface area contributed by atoms with Gasteiger partial charge in [-0.05, 0) is 24.4 Å². The van der Waals surface area contributed by atoms with Gasteiger partial charge in [-0.25, -0.2) is 0 Å². The monoisotopic (exact) mass is 456 g/mol. The second-order valence-corrected chi connectivity index (χ2v) is 11.3. The zero-order valence-electron chi connectivity index (χ0n) is 14.9. The first-order valence-corrected chi connectivity index (χ1v) is 11.9. The number of thiophene rings is 1. The molecule has 2 saturated heterocycles. The van der Waals surface area contributed by atoms with Crippen molar-refractivity contribution in [1.82, 2.24) is 15.1 Å². The van der Waals surface area contributed by atoms with Gasteiger partial charge in [0.2, 0.25) is 11.8 Å². The summed E-state index contributed by atoms with van der Waals surface area (Å²) < 4.78 is -0.606. The van der Waals surface area contributed by atoms with Crippen LogP contribution in [0.1, 0.15) is 11.9 Å². The maximum atomic E-state index is 12.9. The molecule has 28 heavy (non-hydrogen) atoms. The van der Waals surface area contributed by atoms with E-state index in [0.29, 0.717) is 10.1 Å². The summed E-state index contributed by atoms with van der Waals surface area (Å²) >= 11 is 5.29. The number of carboxylic acids is 1. The van der Waals surface area contributed by atoms with Gasteiger partial charge in [-0.1, -0.05) is 23.1 Å². The minimum atomic E-state index is -1.18. The van der Waals surface area contributed by atoms with Gasteiger partial charge in [0.05, 0.1) is 5.00 Å². The first-order chi connectivity index (χ1) is 13.3. The van der Waals surface area contributed by atoms with Crippen molar-refractivity contribution in [3.63, 3.8) is 0 Å². The zero-order valence-corrected chi connectivity index (χ0v) is 18.2. The van der Waals surface area contributed by atoms with Gasteiger partial charge in [0, 0.05) is 19.2 Å². The predicted octanol–water partition coefficient (Wildman–Crippen LogP) is 2.16. The third-order valence-corrected chi connectivity index (χ3v) is 9.36. The number of hydrogen-bond acceptors (Lipinski definition) is 9. The zero-order chi connectivity index (χ0) is 20.1. The minimum absolute atomic E-state index is 0.0782. The molecule has 2 aliphatic heterocycles. The molecule has 2 aromatic rings. The number of aromatic nitrogens is 2. The fourth-order valence-electron chi connectivity index (χ4n) is 3.25. The van der Waals surface area contributed by atoms with Crippen LogP contribution in [0.3, 0.4) is 0 Å². The quantitative estimate of drug-likeness (QED) is 0.683. The van der Waals surface area contributed by atoms with Gasteiger partial charge < -0.3 is 10.0 Å². The van der Waals surface area contributed by atoms with Gasteiger partial charge in [-0.3, -0.25) is 19.3 Å². The molecule has 2 amide bonds. The molecule has 4 rings (SSSR count). The lowest BCUT2D eigenvalue weighted by Gasteiger charge is -2.55. The van der Waals surface area contributed by atoms with Gasteiger partial charge in [0.15, 0.2) is 4.34 Å². The lowest BCUT2D eigenvalue weighted by molar-refractivity contribution is -0.150. The van der Waals surface area contributed by atoms with Crippen LogP contribution in [0, 0.1) is 6.92 Å². The number of carbonyl (C=O) groups is 3. The summed E-state index contributed by atoms with van der Waals surface area (Å²) in [6.45, 7) is 3.33. The number of anilines is 1. The second kappa shape index (κ2) is 7.32. The molecule has 8 nitrogen and oxygen atoms in total. The smallest absolute Gasteiger partial charge is 0.322 e. The largest absolute Gasteiger partial charge is 0.480 e. The Kier molecular flexibility index (Phi) is 5.14. The van der Waals surface area contributed by atoms with Crippen molar-refractivity contribution < 1.29 is 19.5 Å². The first-order valence-electron chi connectivity index (χ1n) is 8.30. The summed E-state index contributed by atoms with van der Waals surface area (Å²) in [5.74, 6) is -1.09. The summed E-state index contributed by atoms with van der Waals surface area (Å²) in [7, 11) is 0. The number of aliphatic carboxylic acids is 1. The molecule has 3 atom stereocenters. The van der Waals surface area contributed by atoms with E-state index < -0.39 is 16.8 Å². The highest BCUT2D eigenvalue weighted by Gasteiger charge is 2.60. The Hall–Kier alpha value is -1.63. The highest BCUT2D eigenvalue weighted by atomic mass is 32.2. The summed E-state index contributed by atoms with van der Waals surface area (Å²) in [4.78, 5) is 40.3. The molecule has 2 aromatic heterocycles. The standard InChI is InChI=1S/C16H16N4O4S4/c1-8-17-18-15(27-8)28-16(14(23)24)6-19-12(22)11(13(19)26-7-16)20(9(2)21)10-4-3-5-25-10/h3-5,11,13H,6-7H2,1-2H3,(H,23,24)/t11?,13-,16?/m1/s1. The number of nitrogens with zero attached hydrogens (tertiary/aromatic N) is 4. The van der Waals surface area contributed by atoms with E-state index in [4.69, 9.17) is 0 Å². The van der Waals surface area contributed by atoms with Crippen LogP contribution in [-0.2, 0) is 14.4 Å². The highest BCUT2D eigenvalue weighted by molar-refractivity contribution is 8.06. The van der Waals surface area contributed by atoms with Crippen molar-refractivity contribution in [1.29, 1.82) is 0 Å². The lowest BCUT2D eigenvalue weighted by Crippen LogP contribution is -2.75. The molecule has 4 heterocycles. The Morgan fingerprint density at radius 2 is 2.21 bits per heavy atom. The van der Waals surface area contributed by atoms with Crippen LogP contribution in [0.4, 0.5) is 5.00 Å². The SMILES string of the molecule is CC(=O)N(c1cccs1)C1C(=O)N2CC(Sc3nnc(C)s3)(C(=O)O)CS[C@H]12. The van der Waals surface area contributed by atoms with Crippen molar-refractivity contribution in [2.75, 3.05) is 17.2 Å². The number of fused-ring (bicyclic) bond motifs is 1. The van der Waals surface area contributed by atoms with Gasteiger partial charge >= 0.3 is 5.97 Å². The van der Waals surface area contributed by atoms with E-state index in [9.17, 15) is 19.5 Å². The third kappa shape index (κ3) is 3.21. The van der Waals surface area contributed by atoms with Gasteiger partial charge in [-0.2, -0.15) is 0 Å². The number of carbonyl (C=O) groups excluding carboxylic acids is 2. The number of rotatable bonds is 5. The van der Waals surface area contributed by atoms with E-state index >= 15 is 0 Å². The van der Waals surface area contributed by atoms with Crippen molar-refractivity contribution in [2.45, 2.75) is 34.3 Å². The van der Waals surface area contributed by atoms with E-state index in [1.54, 1.807) is 4.90 Å². The molecule has 0 saturated carbocycles. The maximum Gasteiger partial charge on any atom is 0.322 e. The molecule has 2 unspecified atom stereocenters. The molecule has 2 fully saturated rings. The summed E-state index contributed by atoms with van der Waals surface area (Å²) in [5.41, 5.74) is 0. The van der Waals surface area contributed by atoms with Crippen LogP contribution in [0.2, 0.25) is 0 Å². The van der Waals surface area contributed by atoms with Crippen LogP contribution in [0.25, 0.3) is 0 Å². The number of thioether (sulfide) groups is 2. The van der Waals surface area contributed by atoms with Crippen LogP contribution in [0.5, 0.6) is 0 Å². The summed E-state index contributed by atoms with van der Waals surface area (Å²) in [6.07, 6.45) is 0. The van der Waals surface area contributed by atoms with Gasteiger partial charge in [0.25, 0.3) is 0 Å². The molecular formula is C16H16N4O4S4. The molecule has 148 valence electrons. The van der Waals surface area contributed by atoms with E-state index in [0.717, 1.165) is 21.8 Å². The number of carboxylic acid groups (broad SMARTS) is 1. The molecule has 0 aliphatic carbocycles. The number of amides is 2. The number of β-lactam (4-membered cyclic amide) rings is 1. The van der Waals surface area contributed by atoms with Gasteiger partial charge in [0.1, 0.15) is 21.2 Å². The Labute approximate surface area is 177 Å². The topological polar surface area (TPSA) is 104 Å². The molecule has 0 radical (unpaired) electrons. The maximum absolute atomic E-state index is 12.9. The Balaban J connectivity index is 1.56. The van der Waals surface area contributed by atoms with Crippen LogP contribution in [-0.4, -0.2) is 66.4 Å². The fourth-order valence-corrected chi connectivity index (χ4v) is 8.06. The normalized spacial score (nSPS) is 26.5. The average molecular weight is 457 g/mol. The van der Waals surface area contributed by atoms with E-state index in [1.165, 1.54) is 46.3 Å². The molecule has 0 aromatic carbocycles. The number of aryl methyl sites for hydroxylation is 1. The van der Waals surface area contributed by atoms with E-state index in [1.807, 2.05) is 24.4 Å². The average Bonchev–Trinajstić information content (AvgIpc) is 3.31. The molecular weight excluding hydrogens is 440 g/mol. The molecule has 1 N–H and O–H groups in total. The van der Waals surface area contributed by atoms with Crippen LogP contribution < -0.4 is 4.90 Å².